The lowest BCUT2D eigenvalue weighted by molar-refractivity contribution is 0.102. The van der Waals surface area contributed by atoms with Gasteiger partial charge in [-0.3, -0.25) is 4.79 Å². The van der Waals surface area contributed by atoms with Gasteiger partial charge in [0.2, 0.25) is 0 Å². The minimum Gasteiger partial charge on any atom is -0.493 e. The molecular formula is C18H15ClN2O4S. The smallest absolute Gasteiger partial charge is 0.277 e. The molecule has 3 aromatic rings. The maximum absolute atomic E-state index is 12.1. The van der Waals surface area contributed by atoms with Gasteiger partial charge in [0.25, 0.3) is 11.1 Å². The third kappa shape index (κ3) is 4.77. The number of carbonyl (C=O) groups excluding carboxylic acids is 1. The molecule has 3 rings (SSSR count). The predicted molar refractivity (Wildman–Crippen MR) is 98.1 cm³/mol. The molecule has 0 atom stereocenters. The fourth-order valence-corrected chi connectivity index (χ4v) is 2.88. The van der Waals surface area contributed by atoms with E-state index in [1.165, 1.54) is 11.8 Å². The number of hydrogen-bond acceptors (Lipinski definition) is 7. The maximum Gasteiger partial charge on any atom is 0.277 e. The van der Waals surface area contributed by atoms with Crippen molar-refractivity contribution in [2.24, 2.45) is 0 Å². The van der Waals surface area contributed by atoms with Crippen LogP contribution in [0, 0.1) is 0 Å². The molecule has 134 valence electrons. The Morgan fingerprint density at radius 2 is 1.85 bits per heavy atom. The number of Topliss-reactive ketones (excluding diaryl/α,β-unsaturated/α-hetero) is 1. The summed E-state index contributed by atoms with van der Waals surface area (Å²) in [5.74, 6) is 1.67. The highest BCUT2D eigenvalue weighted by molar-refractivity contribution is 7.99. The van der Waals surface area contributed by atoms with Crippen LogP contribution in [0.15, 0.2) is 58.2 Å². The summed E-state index contributed by atoms with van der Waals surface area (Å²) in [6, 6.07) is 14.0. The van der Waals surface area contributed by atoms with Gasteiger partial charge in [-0.2, -0.15) is 0 Å². The van der Waals surface area contributed by atoms with E-state index in [1.54, 1.807) is 43.5 Å². The van der Waals surface area contributed by atoms with Crippen LogP contribution in [0.3, 0.4) is 0 Å². The average molecular weight is 391 g/mol. The quantitative estimate of drug-likeness (QED) is 0.419. The van der Waals surface area contributed by atoms with Crippen molar-refractivity contribution in [1.82, 2.24) is 10.2 Å². The molecule has 1 heterocycles. The normalized spacial score (nSPS) is 10.5. The van der Waals surface area contributed by atoms with E-state index in [2.05, 4.69) is 10.2 Å². The molecule has 26 heavy (non-hydrogen) atoms. The summed E-state index contributed by atoms with van der Waals surface area (Å²) in [6.07, 6.45) is 0. The van der Waals surface area contributed by atoms with Crippen LogP contribution in [0.5, 0.6) is 11.5 Å². The fourth-order valence-electron chi connectivity index (χ4n) is 2.08. The summed E-state index contributed by atoms with van der Waals surface area (Å²) in [5.41, 5.74) is 0.584. The van der Waals surface area contributed by atoms with Gasteiger partial charge >= 0.3 is 0 Å². The molecule has 0 spiro atoms. The molecule has 0 bridgehead atoms. The van der Waals surface area contributed by atoms with Crippen LogP contribution in [0.4, 0.5) is 0 Å². The molecule has 2 aromatic carbocycles. The summed E-state index contributed by atoms with van der Waals surface area (Å²) < 4.78 is 16.3. The first kappa shape index (κ1) is 18.3. The number of halogens is 1. The number of hydrogen-bond donors (Lipinski definition) is 0. The summed E-state index contributed by atoms with van der Waals surface area (Å²) >= 11 is 6.99. The lowest BCUT2D eigenvalue weighted by Crippen LogP contribution is -2.01. The van der Waals surface area contributed by atoms with Crippen molar-refractivity contribution < 1.29 is 18.7 Å². The highest BCUT2D eigenvalue weighted by Gasteiger charge is 2.12. The monoisotopic (exact) mass is 390 g/mol. The molecule has 0 unspecified atom stereocenters. The molecular weight excluding hydrogens is 376 g/mol. The minimum absolute atomic E-state index is 0.0447. The van der Waals surface area contributed by atoms with E-state index in [-0.39, 0.29) is 18.1 Å². The zero-order valence-electron chi connectivity index (χ0n) is 13.8. The predicted octanol–water partition coefficient (Wildman–Crippen LogP) is 4.29. The summed E-state index contributed by atoms with van der Waals surface area (Å²) in [4.78, 5) is 12.1. The number of ether oxygens (including phenoxy) is 2. The van der Waals surface area contributed by atoms with Crippen molar-refractivity contribution >= 4 is 29.1 Å². The number of benzene rings is 2. The van der Waals surface area contributed by atoms with Gasteiger partial charge in [0.05, 0.1) is 12.9 Å². The van der Waals surface area contributed by atoms with Crippen molar-refractivity contribution in [2.75, 3.05) is 12.9 Å². The van der Waals surface area contributed by atoms with E-state index in [1.807, 2.05) is 12.1 Å². The Hall–Kier alpha value is -2.51. The van der Waals surface area contributed by atoms with E-state index in [0.29, 0.717) is 33.2 Å². The van der Waals surface area contributed by atoms with Gasteiger partial charge in [-0.05, 0) is 36.4 Å². The first-order valence-electron chi connectivity index (χ1n) is 7.65. The third-order valence-electron chi connectivity index (χ3n) is 3.36. The third-order valence-corrected chi connectivity index (χ3v) is 4.43. The second kappa shape index (κ2) is 8.73. The van der Waals surface area contributed by atoms with E-state index in [9.17, 15) is 4.79 Å². The van der Waals surface area contributed by atoms with Crippen LogP contribution in [-0.4, -0.2) is 28.8 Å². The number of thioether (sulfide) groups is 1. The van der Waals surface area contributed by atoms with Crippen LogP contribution in [-0.2, 0) is 6.61 Å². The topological polar surface area (TPSA) is 74.5 Å². The zero-order valence-corrected chi connectivity index (χ0v) is 15.4. The first-order valence-corrected chi connectivity index (χ1v) is 9.02. The fraction of sp³-hybridized carbons (Fsp3) is 0.167. The molecule has 1 aromatic heterocycles. The minimum atomic E-state index is -0.0447. The second-order valence-electron chi connectivity index (χ2n) is 5.12. The lowest BCUT2D eigenvalue weighted by atomic mass is 10.1. The van der Waals surface area contributed by atoms with Crippen LogP contribution >= 0.6 is 23.4 Å². The average Bonchev–Trinajstić information content (AvgIpc) is 3.13. The lowest BCUT2D eigenvalue weighted by Gasteiger charge is -2.07. The SMILES string of the molecule is COc1ccccc1OCc1nnc(SCC(=O)c2ccc(Cl)cc2)o1. The van der Waals surface area contributed by atoms with Crippen LogP contribution in [0.2, 0.25) is 5.02 Å². The molecule has 0 N–H and O–H groups in total. The summed E-state index contributed by atoms with van der Waals surface area (Å²) in [5, 5.41) is 8.73. The van der Waals surface area contributed by atoms with Gasteiger partial charge in [0.15, 0.2) is 23.9 Å². The second-order valence-corrected chi connectivity index (χ2v) is 6.48. The van der Waals surface area contributed by atoms with Crippen molar-refractivity contribution in [3.05, 3.63) is 65.0 Å². The Morgan fingerprint density at radius 1 is 1.12 bits per heavy atom. The summed E-state index contributed by atoms with van der Waals surface area (Å²) in [6.45, 7) is 0.110. The molecule has 0 radical (unpaired) electrons. The number of carbonyl (C=O) groups is 1. The largest absolute Gasteiger partial charge is 0.493 e. The van der Waals surface area contributed by atoms with Gasteiger partial charge in [-0.25, -0.2) is 0 Å². The van der Waals surface area contributed by atoms with Crippen LogP contribution in [0.1, 0.15) is 16.2 Å². The van der Waals surface area contributed by atoms with Gasteiger partial charge < -0.3 is 13.9 Å². The molecule has 0 aliphatic rings. The standard InChI is InChI=1S/C18H15ClN2O4S/c1-23-15-4-2-3-5-16(15)24-10-17-20-21-18(25-17)26-11-14(22)12-6-8-13(19)9-7-12/h2-9H,10-11H2,1H3. The molecule has 0 saturated heterocycles. The molecule has 0 fully saturated rings. The van der Waals surface area contributed by atoms with E-state index in [4.69, 9.17) is 25.5 Å². The number of ketones is 1. The molecule has 8 heteroatoms. The number of rotatable bonds is 8. The highest BCUT2D eigenvalue weighted by atomic mass is 35.5. The zero-order chi connectivity index (χ0) is 18.4. The van der Waals surface area contributed by atoms with Crippen molar-refractivity contribution in [1.29, 1.82) is 0 Å². The van der Waals surface area contributed by atoms with Crippen molar-refractivity contribution in [3.8, 4) is 11.5 Å². The number of para-hydroxylation sites is 2. The maximum atomic E-state index is 12.1. The van der Waals surface area contributed by atoms with E-state index in [0.717, 1.165) is 0 Å². The van der Waals surface area contributed by atoms with Crippen LogP contribution in [0.25, 0.3) is 0 Å². The van der Waals surface area contributed by atoms with Crippen molar-refractivity contribution in [3.63, 3.8) is 0 Å². The Bertz CT molecular complexity index is 883. The van der Waals surface area contributed by atoms with Gasteiger partial charge in [-0.1, -0.05) is 35.5 Å². The van der Waals surface area contributed by atoms with Gasteiger partial charge in [0, 0.05) is 10.6 Å². The number of nitrogens with zero attached hydrogens (tertiary/aromatic N) is 2. The Labute approximate surface area is 159 Å². The summed E-state index contributed by atoms with van der Waals surface area (Å²) in [7, 11) is 1.57. The van der Waals surface area contributed by atoms with Crippen molar-refractivity contribution in [2.45, 2.75) is 11.8 Å². The first-order chi connectivity index (χ1) is 12.7. The highest BCUT2D eigenvalue weighted by Crippen LogP contribution is 2.27. The molecule has 6 nitrogen and oxygen atoms in total. The Morgan fingerprint density at radius 3 is 2.58 bits per heavy atom. The molecule has 0 aliphatic carbocycles. The Kier molecular flexibility index (Phi) is 6.14. The van der Waals surface area contributed by atoms with Gasteiger partial charge in [0.1, 0.15) is 0 Å². The number of aromatic nitrogens is 2. The molecule has 0 amide bonds. The Balaban J connectivity index is 1.53. The van der Waals surface area contributed by atoms with E-state index < -0.39 is 0 Å². The van der Waals surface area contributed by atoms with Gasteiger partial charge in [-0.15, -0.1) is 10.2 Å². The number of methoxy groups -OCH3 is 1. The van der Waals surface area contributed by atoms with Crippen LogP contribution < -0.4 is 9.47 Å². The van der Waals surface area contributed by atoms with E-state index >= 15 is 0 Å². The molecule has 0 aliphatic heterocycles. The molecule has 0 saturated carbocycles.